The third-order valence-electron chi connectivity index (χ3n) is 3.76. The molecule has 4 nitrogen and oxygen atoms in total. The highest BCUT2D eigenvalue weighted by molar-refractivity contribution is 6.00. The van der Waals surface area contributed by atoms with Gasteiger partial charge in [-0.2, -0.15) is 0 Å². The predicted molar refractivity (Wildman–Crippen MR) is 87.9 cm³/mol. The van der Waals surface area contributed by atoms with Gasteiger partial charge in [0.2, 0.25) is 0 Å². The Morgan fingerprint density at radius 3 is 2.83 bits per heavy atom. The van der Waals surface area contributed by atoms with Crippen molar-refractivity contribution in [3.05, 3.63) is 66.5 Å². The number of fused-ring (bicyclic) bond motifs is 1. The molecule has 0 aromatic heterocycles. The third-order valence-corrected chi connectivity index (χ3v) is 3.76. The summed E-state index contributed by atoms with van der Waals surface area (Å²) in [5, 5.41) is 0. The van der Waals surface area contributed by atoms with E-state index in [1.807, 2.05) is 0 Å². The summed E-state index contributed by atoms with van der Waals surface area (Å²) in [6.45, 7) is 4.04. The van der Waals surface area contributed by atoms with E-state index < -0.39 is 6.10 Å². The molecule has 0 saturated heterocycles. The molecule has 1 amide bonds. The van der Waals surface area contributed by atoms with Gasteiger partial charge in [0, 0.05) is 24.7 Å². The number of nitrogen functional groups attached to an aromatic ring is 1. The molecular weight excluding hydrogens is 295 g/mol. The van der Waals surface area contributed by atoms with Crippen molar-refractivity contribution in [1.29, 1.82) is 0 Å². The van der Waals surface area contributed by atoms with Gasteiger partial charge in [0.25, 0.3) is 5.91 Å². The number of carbonyl (C=O) groups excluding carboxylic acids is 1. The summed E-state index contributed by atoms with van der Waals surface area (Å²) in [5.74, 6) is -0.0456. The summed E-state index contributed by atoms with van der Waals surface area (Å²) in [6.07, 6.45) is 1.01. The number of carbonyl (C=O) groups is 1. The van der Waals surface area contributed by atoms with Gasteiger partial charge in [-0.15, -0.1) is 6.58 Å². The second-order valence-electron chi connectivity index (χ2n) is 5.37. The van der Waals surface area contributed by atoms with Gasteiger partial charge in [-0.25, -0.2) is 4.39 Å². The molecule has 1 aliphatic heterocycles. The normalized spacial score (nSPS) is 16.7. The van der Waals surface area contributed by atoms with Gasteiger partial charge in [0.05, 0.1) is 5.69 Å². The molecule has 1 atom stereocenters. The molecule has 2 N–H and O–H groups in total. The van der Waals surface area contributed by atoms with Crippen LogP contribution in [0.4, 0.5) is 15.8 Å². The number of benzene rings is 2. The first-order chi connectivity index (χ1) is 11.1. The van der Waals surface area contributed by atoms with Crippen LogP contribution in [0.1, 0.15) is 5.56 Å². The molecule has 0 radical (unpaired) electrons. The summed E-state index contributed by atoms with van der Waals surface area (Å²) >= 11 is 0. The van der Waals surface area contributed by atoms with E-state index in [9.17, 15) is 9.18 Å². The molecule has 0 saturated carbocycles. The van der Waals surface area contributed by atoms with Crippen LogP contribution in [0.25, 0.3) is 0 Å². The van der Waals surface area contributed by atoms with Gasteiger partial charge in [-0.3, -0.25) is 4.79 Å². The zero-order chi connectivity index (χ0) is 16.4. The number of hydrogen-bond donors (Lipinski definition) is 1. The highest BCUT2D eigenvalue weighted by Crippen LogP contribution is 2.36. The quantitative estimate of drug-likeness (QED) is 0.697. The van der Waals surface area contributed by atoms with Crippen LogP contribution in [0.5, 0.6) is 5.75 Å². The highest BCUT2D eigenvalue weighted by Gasteiger charge is 2.34. The van der Waals surface area contributed by atoms with E-state index in [-0.39, 0.29) is 18.1 Å². The minimum Gasteiger partial charge on any atom is -0.478 e. The Labute approximate surface area is 134 Å². The summed E-state index contributed by atoms with van der Waals surface area (Å²) in [4.78, 5) is 14.3. The van der Waals surface area contributed by atoms with Crippen LogP contribution in [0.2, 0.25) is 0 Å². The predicted octanol–water partition coefficient (Wildman–Crippen LogP) is 2.93. The molecule has 2 aromatic carbocycles. The smallest absolute Gasteiger partial charge is 0.268 e. The fraction of sp³-hybridized carbons (Fsp3) is 0.167. The third kappa shape index (κ3) is 2.90. The van der Waals surface area contributed by atoms with Crippen LogP contribution in [-0.4, -0.2) is 18.6 Å². The molecule has 3 rings (SSSR count). The standard InChI is InChI=1S/C18H17FN2O2/c1-2-9-21-15-8-7-13(20)11-16(15)23-17(18(21)22)10-12-5-3-4-6-14(12)19/h2-8,11,17H,1,9-10,20H2. The zero-order valence-electron chi connectivity index (χ0n) is 12.5. The van der Waals surface area contributed by atoms with E-state index in [0.29, 0.717) is 29.2 Å². The van der Waals surface area contributed by atoms with E-state index in [2.05, 4.69) is 6.58 Å². The van der Waals surface area contributed by atoms with Gasteiger partial charge in [0.1, 0.15) is 11.6 Å². The van der Waals surface area contributed by atoms with Crippen molar-refractivity contribution in [1.82, 2.24) is 0 Å². The fourth-order valence-corrected chi connectivity index (χ4v) is 2.65. The average molecular weight is 312 g/mol. The van der Waals surface area contributed by atoms with Gasteiger partial charge in [0.15, 0.2) is 6.10 Å². The Morgan fingerprint density at radius 2 is 2.09 bits per heavy atom. The molecular formula is C18H17FN2O2. The van der Waals surface area contributed by atoms with Crippen LogP contribution in [-0.2, 0) is 11.2 Å². The minimum atomic E-state index is -0.791. The van der Waals surface area contributed by atoms with E-state index in [1.165, 1.54) is 6.07 Å². The second-order valence-corrected chi connectivity index (χ2v) is 5.37. The van der Waals surface area contributed by atoms with Crippen LogP contribution >= 0.6 is 0 Å². The molecule has 118 valence electrons. The first-order valence-electron chi connectivity index (χ1n) is 7.32. The van der Waals surface area contributed by atoms with Crippen molar-refractivity contribution in [2.75, 3.05) is 17.2 Å². The maximum atomic E-state index is 13.9. The summed E-state index contributed by atoms with van der Waals surface area (Å²) < 4.78 is 19.6. The summed E-state index contributed by atoms with van der Waals surface area (Å²) in [7, 11) is 0. The number of nitrogens with two attached hydrogens (primary N) is 1. The van der Waals surface area contributed by atoms with Crippen molar-refractivity contribution in [3.63, 3.8) is 0 Å². The largest absolute Gasteiger partial charge is 0.478 e. The molecule has 0 fully saturated rings. The number of nitrogens with zero attached hydrogens (tertiary/aromatic N) is 1. The van der Waals surface area contributed by atoms with Crippen LogP contribution in [0.3, 0.4) is 0 Å². The zero-order valence-corrected chi connectivity index (χ0v) is 12.5. The summed E-state index contributed by atoms with van der Waals surface area (Å²) in [5.41, 5.74) is 7.43. The number of ether oxygens (including phenoxy) is 1. The number of amides is 1. The maximum Gasteiger partial charge on any atom is 0.268 e. The molecule has 1 aliphatic rings. The van der Waals surface area contributed by atoms with E-state index in [0.717, 1.165) is 0 Å². The Kier molecular flexibility index (Phi) is 4.02. The van der Waals surface area contributed by atoms with E-state index in [1.54, 1.807) is 47.4 Å². The van der Waals surface area contributed by atoms with Crippen molar-refractivity contribution < 1.29 is 13.9 Å². The fourth-order valence-electron chi connectivity index (χ4n) is 2.65. The Bertz CT molecular complexity index is 760. The molecule has 0 spiro atoms. The SMILES string of the molecule is C=CCN1C(=O)C(Cc2ccccc2F)Oc2cc(N)ccc21. The molecule has 1 unspecified atom stereocenters. The number of halogens is 1. The first-order valence-corrected chi connectivity index (χ1v) is 7.32. The van der Waals surface area contributed by atoms with Crippen molar-refractivity contribution in [2.45, 2.75) is 12.5 Å². The molecule has 0 aliphatic carbocycles. The number of hydrogen-bond acceptors (Lipinski definition) is 3. The van der Waals surface area contributed by atoms with Crippen molar-refractivity contribution >= 4 is 17.3 Å². The molecule has 1 heterocycles. The van der Waals surface area contributed by atoms with Gasteiger partial charge < -0.3 is 15.4 Å². The Balaban J connectivity index is 1.95. The van der Waals surface area contributed by atoms with Crippen LogP contribution in [0, 0.1) is 5.82 Å². The van der Waals surface area contributed by atoms with E-state index in [4.69, 9.17) is 10.5 Å². The highest BCUT2D eigenvalue weighted by atomic mass is 19.1. The average Bonchev–Trinajstić information content (AvgIpc) is 2.53. The first kappa shape index (κ1) is 15.1. The maximum absolute atomic E-state index is 13.9. The van der Waals surface area contributed by atoms with Crippen molar-refractivity contribution in [2.24, 2.45) is 0 Å². The summed E-state index contributed by atoms with van der Waals surface area (Å²) in [6, 6.07) is 11.5. The minimum absolute atomic E-state index is 0.160. The number of rotatable bonds is 4. The Morgan fingerprint density at radius 1 is 1.30 bits per heavy atom. The Hall–Kier alpha value is -2.82. The van der Waals surface area contributed by atoms with Gasteiger partial charge >= 0.3 is 0 Å². The van der Waals surface area contributed by atoms with Crippen LogP contribution in [0.15, 0.2) is 55.1 Å². The topological polar surface area (TPSA) is 55.6 Å². The number of anilines is 2. The lowest BCUT2D eigenvalue weighted by Crippen LogP contribution is -2.47. The molecule has 0 bridgehead atoms. The van der Waals surface area contributed by atoms with Gasteiger partial charge in [-0.05, 0) is 23.8 Å². The molecule has 23 heavy (non-hydrogen) atoms. The monoisotopic (exact) mass is 312 g/mol. The lowest BCUT2D eigenvalue weighted by atomic mass is 10.0. The second kappa shape index (κ2) is 6.12. The lowest BCUT2D eigenvalue weighted by molar-refractivity contribution is -0.126. The molecule has 5 heteroatoms. The molecule has 2 aromatic rings. The lowest BCUT2D eigenvalue weighted by Gasteiger charge is -2.34. The van der Waals surface area contributed by atoms with Gasteiger partial charge in [-0.1, -0.05) is 24.3 Å². The van der Waals surface area contributed by atoms with E-state index >= 15 is 0 Å². The van der Waals surface area contributed by atoms with Crippen molar-refractivity contribution in [3.8, 4) is 5.75 Å². The van der Waals surface area contributed by atoms with Crippen LogP contribution < -0.4 is 15.4 Å².